The number of anilines is 2. The van der Waals surface area contributed by atoms with Crippen molar-refractivity contribution in [3.63, 3.8) is 0 Å². The lowest BCUT2D eigenvalue weighted by molar-refractivity contribution is -0.126. The molecule has 1 aromatic heterocycles. The molecular weight excluding hydrogens is 354 g/mol. The van der Waals surface area contributed by atoms with Gasteiger partial charge >= 0.3 is 0 Å². The molecule has 0 spiro atoms. The van der Waals surface area contributed by atoms with Crippen molar-refractivity contribution >= 4 is 45.6 Å². The molecule has 0 saturated carbocycles. The van der Waals surface area contributed by atoms with Crippen molar-refractivity contribution in [2.75, 3.05) is 10.6 Å². The van der Waals surface area contributed by atoms with Crippen LogP contribution < -0.4 is 10.6 Å². The number of thioether (sulfide) groups is 1. The molecule has 2 aromatic rings. The largest absolute Gasteiger partial charge is 0.323 e. The number of fused-ring (bicyclic) bond motifs is 2. The average Bonchev–Trinajstić information content (AvgIpc) is 3.16. The van der Waals surface area contributed by atoms with Gasteiger partial charge in [0.15, 0.2) is 4.75 Å². The molecule has 0 bridgehead atoms. The van der Waals surface area contributed by atoms with Gasteiger partial charge in [0.1, 0.15) is 11.1 Å². The Bertz CT molecular complexity index is 944. The predicted molar refractivity (Wildman–Crippen MR) is 99.0 cm³/mol. The molecule has 0 radical (unpaired) electrons. The number of amides is 2. The molecule has 2 heterocycles. The molecule has 0 fully saturated rings. The molecule has 2 N–H and O–H groups in total. The van der Waals surface area contributed by atoms with E-state index >= 15 is 0 Å². The van der Waals surface area contributed by atoms with Crippen LogP contribution in [0.1, 0.15) is 29.3 Å². The fourth-order valence-electron chi connectivity index (χ4n) is 3.15. The first-order chi connectivity index (χ1) is 12.0. The second-order valence-corrected chi connectivity index (χ2v) is 8.78. The molecule has 7 heteroatoms. The maximum absolute atomic E-state index is 12.9. The van der Waals surface area contributed by atoms with Crippen LogP contribution in [0.15, 0.2) is 29.2 Å². The number of carbonyl (C=O) groups excluding carboxylic acids is 2. The summed E-state index contributed by atoms with van der Waals surface area (Å²) in [6, 6.07) is 9.62. The topological polar surface area (TPSA) is 82.0 Å². The second-order valence-electron chi connectivity index (χ2n) is 6.21. The van der Waals surface area contributed by atoms with Gasteiger partial charge in [-0.3, -0.25) is 9.59 Å². The SMILES string of the molecule is CC1(C(=O)Nc2sc3c(c2C#N)CCC3)Sc2ccccc2NC1=O. The molecule has 2 aliphatic rings. The van der Waals surface area contributed by atoms with Crippen molar-refractivity contribution in [1.82, 2.24) is 0 Å². The molecule has 25 heavy (non-hydrogen) atoms. The first-order valence-corrected chi connectivity index (χ1v) is 9.62. The first kappa shape index (κ1) is 16.2. The molecule has 1 atom stereocenters. The number of carbonyl (C=O) groups is 2. The van der Waals surface area contributed by atoms with Crippen molar-refractivity contribution in [1.29, 1.82) is 5.26 Å². The summed E-state index contributed by atoms with van der Waals surface area (Å²) in [7, 11) is 0. The minimum absolute atomic E-state index is 0.351. The molecule has 1 aromatic carbocycles. The Balaban J connectivity index is 1.64. The molecule has 0 saturated heterocycles. The van der Waals surface area contributed by atoms with E-state index in [1.807, 2.05) is 24.3 Å². The zero-order valence-electron chi connectivity index (χ0n) is 13.5. The average molecular weight is 369 g/mol. The van der Waals surface area contributed by atoms with Gasteiger partial charge in [-0.1, -0.05) is 23.9 Å². The fraction of sp³-hybridized carbons (Fsp3) is 0.278. The maximum Gasteiger partial charge on any atom is 0.250 e. The van der Waals surface area contributed by atoms with E-state index in [1.165, 1.54) is 28.0 Å². The van der Waals surface area contributed by atoms with Gasteiger partial charge in [-0.05, 0) is 43.9 Å². The van der Waals surface area contributed by atoms with E-state index < -0.39 is 10.7 Å². The number of para-hydroxylation sites is 1. The summed E-state index contributed by atoms with van der Waals surface area (Å²) in [6.45, 7) is 1.62. The fourth-order valence-corrected chi connectivity index (χ4v) is 5.49. The standard InChI is InChI=1S/C18H15N3O2S2/c1-18(16(22)20-12-6-2-3-7-14(12)25-18)17(23)21-15-11(9-19)10-5-4-8-13(10)24-15/h2-3,6-7H,4-5,8H2,1H3,(H,20,22)(H,21,23). The number of hydrogen-bond donors (Lipinski definition) is 2. The molecule has 126 valence electrons. The van der Waals surface area contributed by atoms with Gasteiger partial charge in [0.2, 0.25) is 5.91 Å². The zero-order valence-corrected chi connectivity index (χ0v) is 15.1. The number of thiophene rings is 1. The Morgan fingerprint density at radius 1 is 1.36 bits per heavy atom. The van der Waals surface area contributed by atoms with Gasteiger partial charge in [0.25, 0.3) is 5.91 Å². The number of aryl methyl sites for hydroxylation is 1. The Kier molecular flexibility index (Phi) is 3.82. The molecule has 1 unspecified atom stereocenters. The lowest BCUT2D eigenvalue weighted by Gasteiger charge is -2.31. The van der Waals surface area contributed by atoms with E-state index in [0.29, 0.717) is 10.6 Å². The summed E-state index contributed by atoms with van der Waals surface area (Å²) in [5.74, 6) is -0.753. The normalized spacial score (nSPS) is 21.0. The van der Waals surface area contributed by atoms with Crippen LogP contribution in [0, 0.1) is 11.3 Å². The highest BCUT2D eigenvalue weighted by Crippen LogP contribution is 2.44. The van der Waals surface area contributed by atoms with Crippen LogP contribution in [0.2, 0.25) is 0 Å². The lowest BCUT2D eigenvalue weighted by atomic mass is 10.1. The third kappa shape index (κ3) is 2.53. The number of nitrogens with one attached hydrogen (secondary N) is 2. The van der Waals surface area contributed by atoms with Crippen LogP contribution in [0.3, 0.4) is 0 Å². The summed E-state index contributed by atoms with van der Waals surface area (Å²) in [5.41, 5.74) is 2.32. The Morgan fingerprint density at radius 2 is 2.16 bits per heavy atom. The van der Waals surface area contributed by atoms with Crippen LogP contribution in [0.4, 0.5) is 10.7 Å². The predicted octanol–water partition coefficient (Wildman–Crippen LogP) is 3.55. The van der Waals surface area contributed by atoms with E-state index in [1.54, 1.807) is 6.92 Å². The van der Waals surface area contributed by atoms with Crippen molar-refractivity contribution < 1.29 is 9.59 Å². The monoisotopic (exact) mass is 369 g/mol. The van der Waals surface area contributed by atoms with Crippen molar-refractivity contribution in [2.24, 2.45) is 0 Å². The summed E-state index contributed by atoms with van der Waals surface area (Å²) < 4.78 is -1.28. The van der Waals surface area contributed by atoms with Gasteiger partial charge < -0.3 is 10.6 Å². The highest BCUT2D eigenvalue weighted by atomic mass is 32.2. The number of hydrogen-bond acceptors (Lipinski definition) is 5. The number of nitrogens with zero attached hydrogens (tertiary/aromatic N) is 1. The molecule has 2 amide bonds. The minimum atomic E-state index is -1.28. The van der Waals surface area contributed by atoms with Crippen molar-refractivity contribution in [3.8, 4) is 6.07 Å². The molecule has 5 nitrogen and oxygen atoms in total. The van der Waals surface area contributed by atoms with E-state index in [0.717, 1.165) is 35.4 Å². The molecule has 4 rings (SSSR count). The Labute approximate surface area is 153 Å². The first-order valence-electron chi connectivity index (χ1n) is 7.98. The lowest BCUT2D eigenvalue weighted by Crippen LogP contribution is -2.49. The third-order valence-corrected chi connectivity index (χ3v) is 7.14. The number of rotatable bonds is 2. The van der Waals surface area contributed by atoms with Crippen molar-refractivity contribution in [2.45, 2.75) is 35.8 Å². The summed E-state index contributed by atoms with van der Waals surface area (Å²) in [5, 5.41) is 15.7. The van der Waals surface area contributed by atoms with Gasteiger partial charge in [-0.25, -0.2) is 0 Å². The second kappa shape index (κ2) is 5.90. The Hall–Kier alpha value is -2.30. The smallest absolute Gasteiger partial charge is 0.250 e. The summed E-state index contributed by atoms with van der Waals surface area (Å²) >= 11 is 2.69. The van der Waals surface area contributed by atoms with Crippen LogP contribution in [0.5, 0.6) is 0 Å². The van der Waals surface area contributed by atoms with E-state index in [-0.39, 0.29) is 5.91 Å². The highest BCUT2D eigenvalue weighted by molar-refractivity contribution is 8.02. The number of nitriles is 1. The van der Waals surface area contributed by atoms with Crippen LogP contribution >= 0.6 is 23.1 Å². The Morgan fingerprint density at radius 3 is 2.96 bits per heavy atom. The molecule has 1 aliphatic heterocycles. The molecule has 1 aliphatic carbocycles. The van der Waals surface area contributed by atoms with Gasteiger partial charge in [-0.2, -0.15) is 5.26 Å². The number of benzene rings is 1. The van der Waals surface area contributed by atoms with Gasteiger partial charge in [0.05, 0.1) is 11.3 Å². The third-order valence-electron chi connectivity index (χ3n) is 4.58. The van der Waals surface area contributed by atoms with Crippen LogP contribution in [0.25, 0.3) is 0 Å². The van der Waals surface area contributed by atoms with Crippen LogP contribution in [-0.2, 0) is 22.4 Å². The van der Waals surface area contributed by atoms with E-state index in [4.69, 9.17) is 0 Å². The highest BCUT2D eigenvalue weighted by Gasteiger charge is 2.46. The minimum Gasteiger partial charge on any atom is -0.323 e. The van der Waals surface area contributed by atoms with Gasteiger partial charge in [0, 0.05) is 9.77 Å². The zero-order chi connectivity index (χ0) is 17.6. The van der Waals surface area contributed by atoms with E-state index in [2.05, 4.69) is 16.7 Å². The summed E-state index contributed by atoms with van der Waals surface area (Å²) in [4.78, 5) is 27.5. The molecular formula is C18H15N3O2S2. The van der Waals surface area contributed by atoms with Crippen LogP contribution in [-0.4, -0.2) is 16.6 Å². The summed E-state index contributed by atoms with van der Waals surface area (Å²) in [6.07, 6.45) is 2.88. The maximum atomic E-state index is 12.9. The quantitative estimate of drug-likeness (QED) is 0.793. The van der Waals surface area contributed by atoms with E-state index in [9.17, 15) is 14.9 Å². The van der Waals surface area contributed by atoms with Crippen molar-refractivity contribution in [3.05, 3.63) is 40.3 Å². The van der Waals surface area contributed by atoms with Gasteiger partial charge in [-0.15, -0.1) is 11.3 Å².